The van der Waals surface area contributed by atoms with Crippen molar-refractivity contribution in [1.82, 2.24) is 20.6 Å². The quantitative estimate of drug-likeness (QED) is 0.749. The van der Waals surface area contributed by atoms with E-state index in [4.69, 9.17) is 0 Å². The third-order valence-electron chi connectivity index (χ3n) is 4.52. The van der Waals surface area contributed by atoms with Gasteiger partial charge in [-0.3, -0.25) is 9.59 Å². The number of anilines is 1. The average molecular weight is 371 g/mol. The first-order valence-corrected chi connectivity index (χ1v) is 8.97. The molecule has 3 rings (SSSR count). The van der Waals surface area contributed by atoms with Crippen LogP contribution >= 0.6 is 0 Å². The van der Waals surface area contributed by atoms with E-state index < -0.39 is 0 Å². The van der Waals surface area contributed by atoms with Crippen LogP contribution in [0.15, 0.2) is 42.7 Å². The molecule has 2 aromatic rings. The lowest BCUT2D eigenvalue weighted by atomic mass is 9.96. The molecule has 1 aliphatic heterocycles. The zero-order valence-electron chi connectivity index (χ0n) is 14.9. The number of carbonyl (C=O) groups excluding carboxylic acids is 2. The van der Waals surface area contributed by atoms with Crippen molar-refractivity contribution in [2.75, 3.05) is 31.1 Å². The molecule has 1 aromatic heterocycles. The second-order valence-electron chi connectivity index (χ2n) is 6.36. The molecular weight excluding hydrogens is 349 g/mol. The van der Waals surface area contributed by atoms with Gasteiger partial charge in [0.25, 0.3) is 5.91 Å². The van der Waals surface area contributed by atoms with E-state index in [0.717, 1.165) is 25.9 Å². The summed E-state index contributed by atoms with van der Waals surface area (Å²) in [6.07, 6.45) is 4.90. The van der Waals surface area contributed by atoms with Gasteiger partial charge in [-0.05, 0) is 43.2 Å². The Labute approximate surface area is 157 Å². The maximum absolute atomic E-state index is 12.9. The van der Waals surface area contributed by atoms with Gasteiger partial charge in [0.2, 0.25) is 11.9 Å². The SMILES string of the molecule is O=C(NCCNC(=O)C1CCN(c2ncccn2)CC1)c1ccc(F)cc1. The first-order valence-electron chi connectivity index (χ1n) is 8.97. The van der Waals surface area contributed by atoms with Crippen LogP contribution in [-0.2, 0) is 4.79 Å². The Kier molecular flexibility index (Phi) is 6.30. The van der Waals surface area contributed by atoms with E-state index in [2.05, 4.69) is 25.5 Å². The van der Waals surface area contributed by atoms with Crippen molar-refractivity contribution in [2.24, 2.45) is 5.92 Å². The first-order chi connectivity index (χ1) is 13.1. The molecule has 7 nitrogen and oxygen atoms in total. The zero-order chi connectivity index (χ0) is 19.1. The Balaban J connectivity index is 1.35. The molecule has 0 bridgehead atoms. The van der Waals surface area contributed by atoms with Crippen LogP contribution < -0.4 is 15.5 Å². The summed E-state index contributed by atoms with van der Waals surface area (Å²) in [7, 11) is 0. The predicted octanol–water partition coefficient (Wildman–Crippen LogP) is 1.38. The van der Waals surface area contributed by atoms with Gasteiger partial charge in [-0.15, -0.1) is 0 Å². The molecule has 1 aromatic carbocycles. The molecule has 2 amide bonds. The summed E-state index contributed by atoms with van der Waals surface area (Å²) in [5.74, 6) is -0.0265. The van der Waals surface area contributed by atoms with Crippen LogP contribution in [0.25, 0.3) is 0 Å². The van der Waals surface area contributed by atoms with Gasteiger partial charge in [0, 0.05) is 50.1 Å². The maximum atomic E-state index is 12.9. The minimum absolute atomic E-state index is 0.000314. The number of rotatable bonds is 6. The van der Waals surface area contributed by atoms with Gasteiger partial charge in [-0.2, -0.15) is 0 Å². The van der Waals surface area contributed by atoms with Crippen LogP contribution in [0.3, 0.4) is 0 Å². The monoisotopic (exact) mass is 371 g/mol. The molecule has 0 aliphatic carbocycles. The van der Waals surface area contributed by atoms with Crippen molar-refractivity contribution in [3.8, 4) is 0 Å². The Morgan fingerprint density at radius 2 is 1.67 bits per heavy atom. The highest BCUT2D eigenvalue weighted by molar-refractivity contribution is 5.94. The van der Waals surface area contributed by atoms with Gasteiger partial charge in [0.15, 0.2) is 0 Å². The van der Waals surface area contributed by atoms with Crippen LogP contribution in [0, 0.1) is 11.7 Å². The smallest absolute Gasteiger partial charge is 0.251 e. The Morgan fingerprint density at radius 1 is 1.04 bits per heavy atom. The molecule has 142 valence electrons. The fourth-order valence-electron chi connectivity index (χ4n) is 3.01. The third-order valence-corrected chi connectivity index (χ3v) is 4.52. The van der Waals surface area contributed by atoms with Crippen molar-refractivity contribution < 1.29 is 14.0 Å². The van der Waals surface area contributed by atoms with E-state index >= 15 is 0 Å². The average Bonchev–Trinajstić information content (AvgIpc) is 2.72. The van der Waals surface area contributed by atoms with Gasteiger partial charge in [0.1, 0.15) is 5.82 Å². The van der Waals surface area contributed by atoms with Crippen molar-refractivity contribution >= 4 is 17.8 Å². The molecular formula is C19H22FN5O2. The Morgan fingerprint density at radius 3 is 2.33 bits per heavy atom. The number of nitrogens with zero attached hydrogens (tertiary/aromatic N) is 3. The van der Waals surface area contributed by atoms with Crippen molar-refractivity contribution in [1.29, 1.82) is 0 Å². The minimum atomic E-state index is -0.385. The number of hydrogen-bond acceptors (Lipinski definition) is 5. The number of carbonyl (C=O) groups is 2. The lowest BCUT2D eigenvalue weighted by Gasteiger charge is -2.31. The van der Waals surface area contributed by atoms with Gasteiger partial charge in [-0.1, -0.05) is 0 Å². The number of amides is 2. The lowest BCUT2D eigenvalue weighted by molar-refractivity contribution is -0.125. The molecule has 0 atom stereocenters. The summed E-state index contributed by atoms with van der Waals surface area (Å²) in [5.41, 5.74) is 0.387. The second kappa shape index (κ2) is 9.07. The molecule has 1 fully saturated rings. The normalized spacial score (nSPS) is 14.6. The van der Waals surface area contributed by atoms with E-state index in [1.165, 1.54) is 24.3 Å². The molecule has 0 radical (unpaired) electrons. The van der Waals surface area contributed by atoms with Gasteiger partial charge in [0.05, 0.1) is 0 Å². The van der Waals surface area contributed by atoms with Crippen LogP contribution in [0.5, 0.6) is 0 Å². The summed E-state index contributed by atoms with van der Waals surface area (Å²) < 4.78 is 12.9. The highest BCUT2D eigenvalue weighted by Gasteiger charge is 2.25. The topological polar surface area (TPSA) is 87.2 Å². The largest absolute Gasteiger partial charge is 0.354 e. The van der Waals surface area contributed by atoms with Crippen LogP contribution in [0.4, 0.5) is 10.3 Å². The molecule has 27 heavy (non-hydrogen) atoms. The zero-order valence-corrected chi connectivity index (χ0v) is 14.9. The van der Waals surface area contributed by atoms with E-state index in [0.29, 0.717) is 24.6 Å². The van der Waals surface area contributed by atoms with Crippen molar-refractivity contribution in [3.63, 3.8) is 0 Å². The van der Waals surface area contributed by atoms with Gasteiger partial charge < -0.3 is 15.5 Å². The lowest BCUT2D eigenvalue weighted by Crippen LogP contribution is -2.43. The maximum Gasteiger partial charge on any atom is 0.251 e. The molecule has 2 heterocycles. The highest BCUT2D eigenvalue weighted by Crippen LogP contribution is 2.20. The van der Waals surface area contributed by atoms with E-state index in [9.17, 15) is 14.0 Å². The third kappa shape index (κ3) is 5.22. The number of piperidine rings is 1. The predicted molar refractivity (Wildman–Crippen MR) is 98.7 cm³/mol. The molecule has 0 saturated carbocycles. The summed E-state index contributed by atoms with van der Waals surface area (Å²) in [6, 6.07) is 7.10. The molecule has 0 unspecified atom stereocenters. The van der Waals surface area contributed by atoms with E-state index in [1.807, 2.05) is 0 Å². The van der Waals surface area contributed by atoms with E-state index in [-0.39, 0.29) is 23.5 Å². The van der Waals surface area contributed by atoms with Crippen LogP contribution in [0.1, 0.15) is 23.2 Å². The summed E-state index contributed by atoms with van der Waals surface area (Å²) in [6.45, 7) is 2.15. The highest BCUT2D eigenvalue weighted by atomic mass is 19.1. The summed E-state index contributed by atoms with van der Waals surface area (Å²) >= 11 is 0. The number of halogens is 1. The summed E-state index contributed by atoms with van der Waals surface area (Å²) in [4.78, 5) is 34.7. The fraction of sp³-hybridized carbons (Fsp3) is 0.368. The number of aromatic nitrogens is 2. The number of nitrogens with one attached hydrogen (secondary N) is 2. The van der Waals surface area contributed by atoms with Crippen LogP contribution in [0.2, 0.25) is 0 Å². The fourth-order valence-corrected chi connectivity index (χ4v) is 3.01. The Bertz CT molecular complexity index is 761. The minimum Gasteiger partial charge on any atom is -0.354 e. The number of benzene rings is 1. The van der Waals surface area contributed by atoms with Crippen molar-refractivity contribution in [3.05, 3.63) is 54.1 Å². The molecule has 1 aliphatic rings. The second-order valence-corrected chi connectivity index (χ2v) is 6.36. The van der Waals surface area contributed by atoms with Crippen molar-refractivity contribution in [2.45, 2.75) is 12.8 Å². The summed E-state index contributed by atoms with van der Waals surface area (Å²) in [5, 5.41) is 5.56. The Hall–Kier alpha value is -3.03. The van der Waals surface area contributed by atoms with Gasteiger partial charge >= 0.3 is 0 Å². The van der Waals surface area contributed by atoms with Crippen LogP contribution in [-0.4, -0.2) is 48.0 Å². The van der Waals surface area contributed by atoms with Gasteiger partial charge in [-0.25, -0.2) is 14.4 Å². The standard InChI is InChI=1S/C19H22FN5O2/c20-16-4-2-14(3-5-16)17(26)21-10-11-22-18(27)15-6-12-25(13-7-15)19-23-8-1-9-24-19/h1-5,8-9,15H,6-7,10-13H2,(H,21,26)(H,22,27). The number of hydrogen-bond donors (Lipinski definition) is 2. The molecule has 1 saturated heterocycles. The molecule has 2 N–H and O–H groups in total. The first kappa shape index (κ1) is 18.8. The van der Waals surface area contributed by atoms with E-state index in [1.54, 1.807) is 18.5 Å². The molecule has 0 spiro atoms. The molecule has 8 heteroatoms.